The topological polar surface area (TPSA) is 42.4 Å². The van der Waals surface area contributed by atoms with Gasteiger partial charge in [-0.15, -0.1) is 0 Å². The Morgan fingerprint density at radius 1 is 1.40 bits per heavy atom. The zero-order chi connectivity index (χ0) is 13.9. The van der Waals surface area contributed by atoms with Crippen LogP contribution in [-0.4, -0.2) is 31.5 Å². The monoisotopic (exact) mass is 270 g/mol. The minimum Gasteiger partial charge on any atom is -0.497 e. The normalized spacial score (nSPS) is 19.1. The summed E-state index contributed by atoms with van der Waals surface area (Å²) < 4.78 is 5.30. The summed E-state index contributed by atoms with van der Waals surface area (Å²) >= 11 is 0. The molecule has 1 atom stereocenters. The van der Waals surface area contributed by atoms with Crippen LogP contribution in [-0.2, 0) is 4.79 Å². The zero-order valence-electron chi connectivity index (χ0n) is 11.6. The molecule has 0 bridgehead atoms. The molecule has 0 N–H and O–H groups in total. The van der Waals surface area contributed by atoms with Gasteiger partial charge in [-0.05, 0) is 36.4 Å². The SMILES string of the molecule is COc1ccc2ccnc(N3CCCC(C=O)C3)c2c1. The summed E-state index contributed by atoms with van der Waals surface area (Å²) in [7, 11) is 1.67. The molecule has 0 spiro atoms. The zero-order valence-corrected chi connectivity index (χ0v) is 11.6. The Balaban J connectivity index is 2.03. The molecular formula is C16H18N2O2. The van der Waals surface area contributed by atoms with Crippen molar-refractivity contribution in [2.75, 3.05) is 25.1 Å². The molecule has 104 valence electrons. The average molecular weight is 270 g/mol. The largest absolute Gasteiger partial charge is 0.497 e. The van der Waals surface area contributed by atoms with Crippen molar-refractivity contribution >= 4 is 22.9 Å². The molecule has 1 aromatic carbocycles. The highest BCUT2D eigenvalue weighted by molar-refractivity contribution is 5.93. The lowest BCUT2D eigenvalue weighted by atomic mass is 9.99. The number of pyridine rings is 1. The standard InChI is InChI=1S/C16H18N2O2/c1-20-14-5-4-13-6-7-17-16(15(13)9-14)18-8-2-3-12(10-18)11-19/h4-7,9,11-12H,2-3,8,10H2,1H3. The van der Waals surface area contributed by atoms with Crippen LogP contribution in [0.4, 0.5) is 5.82 Å². The van der Waals surface area contributed by atoms with E-state index in [-0.39, 0.29) is 5.92 Å². The highest BCUT2D eigenvalue weighted by atomic mass is 16.5. The molecule has 3 rings (SSSR count). The van der Waals surface area contributed by atoms with Gasteiger partial charge < -0.3 is 14.4 Å². The Labute approximate surface area is 118 Å². The molecular weight excluding hydrogens is 252 g/mol. The van der Waals surface area contributed by atoms with Crippen molar-refractivity contribution in [3.63, 3.8) is 0 Å². The van der Waals surface area contributed by atoms with Crippen LogP contribution in [0.5, 0.6) is 5.75 Å². The van der Waals surface area contributed by atoms with Crippen LogP contribution in [0.2, 0.25) is 0 Å². The second-order valence-electron chi connectivity index (χ2n) is 5.21. The number of rotatable bonds is 3. The van der Waals surface area contributed by atoms with Crippen LogP contribution in [0, 0.1) is 5.92 Å². The number of piperidine rings is 1. The molecule has 1 unspecified atom stereocenters. The first-order valence-corrected chi connectivity index (χ1v) is 6.95. The lowest BCUT2D eigenvalue weighted by Gasteiger charge is -2.31. The van der Waals surface area contributed by atoms with Gasteiger partial charge in [-0.25, -0.2) is 4.98 Å². The summed E-state index contributed by atoms with van der Waals surface area (Å²) in [6.07, 6.45) is 4.91. The van der Waals surface area contributed by atoms with E-state index in [0.717, 1.165) is 54.6 Å². The molecule has 0 saturated carbocycles. The van der Waals surface area contributed by atoms with Gasteiger partial charge in [0.05, 0.1) is 7.11 Å². The van der Waals surface area contributed by atoms with E-state index in [1.807, 2.05) is 30.5 Å². The molecule has 2 heterocycles. The van der Waals surface area contributed by atoms with Crippen molar-refractivity contribution in [2.45, 2.75) is 12.8 Å². The van der Waals surface area contributed by atoms with Gasteiger partial charge in [-0.3, -0.25) is 0 Å². The number of hydrogen-bond donors (Lipinski definition) is 0. The van der Waals surface area contributed by atoms with Gasteiger partial charge in [-0.1, -0.05) is 6.07 Å². The van der Waals surface area contributed by atoms with Gasteiger partial charge in [0, 0.05) is 30.6 Å². The Hall–Kier alpha value is -2.10. The fourth-order valence-corrected chi connectivity index (χ4v) is 2.82. The van der Waals surface area contributed by atoms with Gasteiger partial charge in [-0.2, -0.15) is 0 Å². The lowest BCUT2D eigenvalue weighted by molar-refractivity contribution is -0.111. The smallest absolute Gasteiger partial charge is 0.136 e. The van der Waals surface area contributed by atoms with Crippen molar-refractivity contribution in [2.24, 2.45) is 5.92 Å². The molecule has 1 fully saturated rings. The molecule has 0 amide bonds. The number of ether oxygens (including phenoxy) is 1. The molecule has 1 aliphatic rings. The maximum absolute atomic E-state index is 11.0. The maximum Gasteiger partial charge on any atom is 0.136 e. The van der Waals surface area contributed by atoms with Crippen LogP contribution in [0.15, 0.2) is 30.5 Å². The predicted octanol–water partition coefficient (Wildman–Crippen LogP) is 2.66. The van der Waals surface area contributed by atoms with Crippen LogP contribution >= 0.6 is 0 Å². The van der Waals surface area contributed by atoms with E-state index in [4.69, 9.17) is 4.74 Å². The Morgan fingerprint density at radius 3 is 3.10 bits per heavy atom. The molecule has 2 aromatic rings. The van der Waals surface area contributed by atoms with Crippen LogP contribution in [0.3, 0.4) is 0 Å². The number of fused-ring (bicyclic) bond motifs is 1. The minimum absolute atomic E-state index is 0.117. The molecule has 20 heavy (non-hydrogen) atoms. The highest BCUT2D eigenvalue weighted by Gasteiger charge is 2.21. The van der Waals surface area contributed by atoms with Crippen molar-refractivity contribution < 1.29 is 9.53 Å². The first-order chi connectivity index (χ1) is 9.81. The third kappa shape index (κ3) is 2.33. The first kappa shape index (κ1) is 12.9. The Morgan fingerprint density at radius 2 is 2.30 bits per heavy atom. The predicted molar refractivity (Wildman–Crippen MR) is 79.3 cm³/mol. The van der Waals surface area contributed by atoms with Gasteiger partial charge in [0.15, 0.2) is 0 Å². The van der Waals surface area contributed by atoms with Crippen molar-refractivity contribution in [1.82, 2.24) is 4.98 Å². The van der Waals surface area contributed by atoms with Crippen LogP contribution in [0.25, 0.3) is 10.8 Å². The van der Waals surface area contributed by atoms with E-state index < -0.39 is 0 Å². The molecule has 0 radical (unpaired) electrons. The second kappa shape index (κ2) is 5.49. The number of methoxy groups -OCH3 is 1. The van der Waals surface area contributed by atoms with Crippen LogP contribution < -0.4 is 9.64 Å². The second-order valence-corrected chi connectivity index (χ2v) is 5.21. The van der Waals surface area contributed by atoms with Crippen molar-refractivity contribution in [1.29, 1.82) is 0 Å². The van der Waals surface area contributed by atoms with Crippen molar-refractivity contribution in [3.8, 4) is 5.75 Å². The number of aromatic nitrogens is 1. The Bertz CT molecular complexity index is 627. The lowest BCUT2D eigenvalue weighted by Crippen LogP contribution is -2.36. The highest BCUT2D eigenvalue weighted by Crippen LogP contribution is 2.30. The van der Waals surface area contributed by atoms with Crippen LogP contribution in [0.1, 0.15) is 12.8 Å². The number of carbonyl (C=O) groups excluding carboxylic acids is 1. The third-order valence-corrected chi connectivity index (χ3v) is 3.90. The molecule has 1 aromatic heterocycles. The molecule has 4 heteroatoms. The Kier molecular flexibility index (Phi) is 3.54. The average Bonchev–Trinajstić information content (AvgIpc) is 2.53. The number of hydrogen-bond acceptors (Lipinski definition) is 4. The van der Waals surface area contributed by atoms with E-state index in [1.165, 1.54) is 0 Å². The van der Waals surface area contributed by atoms with Gasteiger partial charge in [0.1, 0.15) is 17.9 Å². The molecule has 4 nitrogen and oxygen atoms in total. The van der Waals surface area contributed by atoms with E-state index in [0.29, 0.717) is 0 Å². The molecule has 1 aliphatic heterocycles. The van der Waals surface area contributed by atoms with Crippen molar-refractivity contribution in [3.05, 3.63) is 30.5 Å². The number of aldehydes is 1. The molecule has 0 aliphatic carbocycles. The number of anilines is 1. The summed E-state index contributed by atoms with van der Waals surface area (Å²) in [6, 6.07) is 8.01. The minimum atomic E-state index is 0.117. The van der Waals surface area contributed by atoms with Gasteiger partial charge in [0.25, 0.3) is 0 Å². The van der Waals surface area contributed by atoms with Gasteiger partial charge in [0.2, 0.25) is 0 Å². The third-order valence-electron chi connectivity index (χ3n) is 3.90. The number of carbonyl (C=O) groups is 1. The summed E-state index contributed by atoms with van der Waals surface area (Å²) in [4.78, 5) is 17.8. The summed E-state index contributed by atoms with van der Waals surface area (Å²) in [5.41, 5.74) is 0. The fraction of sp³-hybridized carbons (Fsp3) is 0.375. The maximum atomic E-state index is 11.0. The van der Waals surface area contributed by atoms with Gasteiger partial charge >= 0.3 is 0 Å². The van der Waals surface area contributed by atoms with E-state index in [9.17, 15) is 4.79 Å². The number of nitrogens with zero attached hydrogens (tertiary/aromatic N) is 2. The number of benzene rings is 1. The first-order valence-electron chi connectivity index (χ1n) is 6.95. The van der Waals surface area contributed by atoms with E-state index in [1.54, 1.807) is 7.11 Å². The fourth-order valence-electron chi connectivity index (χ4n) is 2.82. The quantitative estimate of drug-likeness (QED) is 0.804. The van der Waals surface area contributed by atoms with E-state index in [2.05, 4.69) is 9.88 Å². The summed E-state index contributed by atoms with van der Waals surface area (Å²) in [6.45, 7) is 1.71. The summed E-state index contributed by atoms with van der Waals surface area (Å²) in [5, 5.41) is 2.22. The van der Waals surface area contributed by atoms with E-state index >= 15 is 0 Å². The summed E-state index contributed by atoms with van der Waals surface area (Å²) in [5.74, 6) is 1.90. The molecule has 1 saturated heterocycles.